The van der Waals surface area contributed by atoms with Crippen LogP contribution in [0.25, 0.3) is 0 Å². The highest BCUT2D eigenvalue weighted by Gasteiger charge is 2.31. The van der Waals surface area contributed by atoms with E-state index in [1.807, 2.05) is 0 Å². The number of alkyl halides is 3. The lowest BCUT2D eigenvalue weighted by atomic mass is 10.2. The third-order valence-electron chi connectivity index (χ3n) is 3.81. The molecule has 1 aliphatic heterocycles. The third-order valence-corrected chi connectivity index (χ3v) is 4.14. The minimum atomic E-state index is -4.60. The molecule has 0 spiro atoms. The van der Waals surface area contributed by atoms with E-state index in [1.165, 1.54) is 25.1 Å². The number of anilines is 1. The summed E-state index contributed by atoms with van der Waals surface area (Å²) in [4.78, 5) is 24.4. The van der Waals surface area contributed by atoms with Gasteiger partial charge in [-0.3, -0.25) is 4.79 Å². The van der Waals surface area contributed by atoms with Gasteiger partial charge in [0, 0.05) is 0 Å². The molecule has 2 aromatic rings. The van der Waals surface area contributed by atoms with Crippen molar-refractivity contribution in [3.63, 3.8) is 0 Å². The van der Waals surface area contributed by atoms with Gasteiger partial charge in [-0.2, -0.15) is 13.2 Å². The smallest absolute Gasteiger partial charge is 0.416 e. The summed E-state index contributed by atoms with van der Waals surface area (Å²) in [5, 5.41) is 2.14. The van der Waals surface area contributed by atoms with E-state index in [0.717, 1.165) is 12.1 Å². The van der Waals surface area contributed by atoms with E-state index in [2.05, 4.69) is 5.32 Å². The normalized spacial score (nSPS) is 13.8. The fraction of sp³-hybridized carbons (Fsp3) is 0.222. The summed E-state index contributed by atoms with van der Waals surface area (Å²) in [7, 11) is 0. The Balaban J connectivity index is 1.67. The molecule has 28 heavy (non-hydrogen) atoms. The zero-order chi connectivity index (χ0) is 20.5. The average molecular weight is 416 g/mol. The van der Waals surface area contributed by atoms with Crippen molar-refractivity contribution in [1.82, 2.24) is 0 Å². The lowest BCUT2D eigenvalue weighted by molar-refractivity contribution is -0.137. The van der Waals surface area contributed by atoms with Crippen LogP contribution < -0.4 is 14.8 Å². The highest BCUT2D eigenvalue weighted by Crippen LogP contribution is 2.34. The molecule has 3 rings (SSSR count). The topological polar surface area (TPSA) is 73.9 Å². The zero-order valence-corrected chi connectivity index (χ0v) is 15.1. The van der Waals surface area contributed by atoms with Crippen LogP contribution in [0.15, 0.2) is 36.4 Å². The summed E-state index contributed by atoms with van der Waals surface area (Å²) in [5.41, 5.74) is -1.09. The predicted molar refractivity (Wildman–Crippen MR) is 92.5 cm³/mol. The number of benzene rings is 2. The Morgan fingerprint density at radius 1 is 1.14 bits per heavy atom. The van der Waals surface area contributed by atoms with Gasteiger partial charge in [-0.25, -0.2) is 4.79 Å². The van der Waals surface area contributed by atoms with Crippen molar-refractivity contribution >= 4 is 29.2 Å². The van der Waals surface area contributed by atoms with Crippen LogP contribution in [-0.4, -0.2) is 24.8 Å². The van der Waals surface area contributed by atoms with E-state index in [0.29, 0.717) is 17.6 Å². The van der Waals surface area contributed by atoms with Gasteiger partial charge in [0.15, 0.2) is 17.6 Å². The number of amides is 1. The molecule has 0 fully saturated rings. The molecule has 0 saturated heterocycles. The molecule has 1 amide bonds. The Bertz CT molecular complexity index is 932. The monoisotopic (exact) mass is 415 g/mol. The molecule has 10 heteroatoms. The molecule has 2 aromatic carbocycles. The van der Waals surface area contributed by atoms with Crippen LogP contribution in [0.1, 0.15) is 22.8 Å². The quantitative estimate of drug-likeness (QED) is 0.755. The highest BCUT2D eigenvalue weighted by atomic mass is 35.5. The Hall–Kier alpha value is -2.94. The third kappa shape index (κ3) is 4.30. The number of nitrogens with one attached hydrogen (secondary N) is 1. The average Bonchev–Trinajstić information content (AvgIpc) is 3.10. The van der Waals surface area contributed by atoms with Crippen molar-refractivity contribution in [2.75, 3.05) is 12.1 Å². The first-order valence-corrected chi connectivity index (χ1v) is 8.31. The van der Waals surface area contributed by atoms with E-state index < -0.39 is 29.7 Å². The Kier molecular flexibility index (Phi) is 5.37. The summed E-state index contributed by atoms with van der Waals surface area (Å²) in [6, 6.07) is 6.87. The predicted octanol–water partition coefficient (Wildman–Crippen LogP) is 4.27. The van der Waals surface area contributed by atoms with Crippen LogP contribution in [0.4, 0.5) is 18.9 Å². The van der Waals surface area contributed by atoms with Crippen molar-refractivity contribution in [1.29, 1.82) is 0 Å². The van der Waals surface area contributed by atoms with Gasteiger partial charge in [0.05, 0.1) is 21.8 Å². The molecule has 1 atom stereocenters. The molecule has 1 heterocycles. The zero-order valence-electron chi connectivity index (χ0n) is 14.3. The van der Waals surface area contributed by atoms with Crippen molar-refractivity contribution in [3.05, 3.63) is 52.5 Å². The molecule has 1 N–H and O–H groups in total. The van der Waals surface area contributed by atoms with Crippen LogP contribution in [-0.2, 0) is 15.7 Å². The van der Waals surface area contributed by atoms with Gasteiger partial charge in [-0.15, -0.1) is 0 Å². The number of esters is 1. The van der Waals surface area contributed by atoms with Gasteiger partial charge < -0.3 is 19.5 Å². The molecular weight excluding hydrogens is 403 g/mol. The second kappa shape index (κ2) is 7.59. The first-order chi connectivity index (χ1) is 13.1. The largest absolute Gasteiger partial charge is 0.454 e. The Morgan fingerprint density at radius 2 is 1.86 bits per heavy atom. The number of carbonyl (C=O) groups excluding carboxylic acids is 2. The minimum absolute atomic E-state index is 0.0321. The SMILES string of the molecule is CC(OC(=O)c1ccc2c(c1)OCO2)C(=O)Nc1cc(C(F)(F)F)ccc1Cl. The van der Waals surface area contributed by atoms with Crippen LogP contribution in [0, 0.1) is 0 Å². The van der Waals surface area contributed by atoms with E-state index in [4.69, 9.17) is 25.8 Å². The molecule has 0 aliphatic carbocycles. The first-order valence-electron chi connectivity index (χ1n) is 7.93. The molecule has 0 aromatic heterocycles. The van der Waals surface area contributed by atoms with Crippen LogP contribution in [0.3, 0.4) is 0 Å². The van der Waals surface area contributed by atoms with Gasteiger partial charge in [0.2, 0.25) is 6.79 Å². The van der Waals surface area contributed by atoms with Crippen molar-refractivity contribution in [2.45, 2.75) is 19.2 Å². The molecular formula is C18H13ClF3NO5. The Morgan fingerprint density at radius 3 is 2.57 bits per heavy atom. The number of halogens is 4. The van der Waals surface area contributed by atoms with Gasteiger partial charge in [-0.05, 0) is 43.3 Å². The van der Waals surface area contributed by atoms with Crippen molar-refractivity contribution < 1.29 is 37.0 Å². The fourth-order valence-electron chi connectivity index (χ4n) is 2.34. The van der Waals surface area contributed by atoms with Gasteiger partial charge in [0.1, 0.15) is 0 Å². The highest BCUT2D eigenvalue weighted by molar-refractivity contribution is 6.33. The Labute approximate surface area is 162 Å². The number of rotatable bonds is 4. The molecule has 0 bridgehead atoms. The number of fused-ring (bicyclic) bond motifs is 1. The van der Waals surface area contributed by atoms with Crippen LogP contribution in [0.2, 0.25) is 5.02 Å². The van der Waals surface area contributed by atoms with E-state index in [1.54, 1.807) is 0 Å². The standard InChI is InChI=1S/C18H13ClF3NO5/c1-9(28-17(25)10-2-5-14-15(6-10)27-8-26-14)16(24)23-13-7-11(18(20,21)22)3-4-12(13)19/h2-7,9H,8H2,1H3,(H,23,24). The molecule has 0 saturated carbocycles. The minimum Gasteiger partial charge on any atom is -0.454 e. The van der Waals surface area contributed by atoms with Crippen LogP contribution in [0.5, 0.6) is 11.5 Å². The van der Waals surface area contributed by atoms with Gasteiger partial charge in [0.25, 0.3) is 5.91 Å². The maximum atomic E-state index is 12.8. The second-order valence-electron chi connectivity index (χ2n) is 5.80. The summed E-state index contributed by atoms with van der Waals surface area (Å²) in [6.45, 7) is 1.31. The molecule has 1 unspecified atom stereocenters. The fourth-order valence-corrected chi connectivity index (χ4v) is 2.50. The molecule has 1 aliphatic rings. The van der Waals surface area contributed by atoms with E-state index in [-0.39, 0.29) is 23.1 Å². The summed E-state index contributed by atoms with van der Waals surface area (Å²) in [6.07, 6.45) is -5.88. The van der Waals surface area contributed by atoms with Crippen molar-refractivity contribution in [2.24, 2.45) is 0 Å². The first kappa shape index (κ1) is 19.8. The second-order valence-corrected chi connectivity index (χ2v) is 6.20. The summed E-state index contributed by atoms with van der Waals surface area (Å²) < 4.78 is 53.8. The van der Waals surface area contributed by atoms with Gasteiger partial charge in [-0.1, -0.05) is 11.6 Å². The molecule has 0 radical (unpaired) electrons. The van der Waals surface area contributed by atoms with E-state index >= 15 is 0 Å². The number of hydrogen-bond acceptors (Lipinski definition) is 5. The van der Waals surface area contributed by atoms with Gasteiger partial charge >= 0.3 is 12.1 Å². The maximum absolute atomic E-state index is 12.8. The molecule has 148 valence electrons. The van der Waals surface area contributed by atoms with Crippen molar-refractivity contribution in [3.8, 4) is 11.5 Å². The summed E-state index contributed by atoms with van der Waals surface area (Å²) in [5.74, 6) is -0.810. The maximum Gasteiger partial charge on any atom is 0.416 e. The molecule has 6 nitrogen and oxygen atoms in total. The van der Waals surface area contributed by atoms with E-state index in [9.17, 15) is 22.8 Å². The summed E-state index contributed by atoms with van der Waals surface area (Å²) >= 11 is 5.84. The number of ether oxygens (including phenoxy) is 3. The lowest BCUT2D eigenvalue weighted by Crippen LogP contribution is -2.30. The lowest BCUT2D eigenvalue weighted by Gasteiger charge is -2.15. The van der Waals surface area contributed by atoms with Crippen LogP contribution >= 0.6 is 11.6 Å². The number of hydrogen-bond donors (Lipinski definition) is 1. The number of carbonyl (C=O) groups is 2.